The summed E-state index contributed by atoms with van der Waals surface area (Å²) in [7, 11) is 0. The predicted molar refractivity (Wildman–Crippen MR) is 65.4 cm³/mol. The summed E-state index contributed by atoms with van der Waals surface area (Å²) < 4.78 is 5.73. The molecular weight excluding hydrogens is 236 g/mol. The molecule has 96 valence electrons. The summed E-state index contributed by atoms with van der Waals surface area (Å²) in [5, 5.41) is 10.7. The van der Waals surface area contributed by atoms with Crippen molar-refractivity contribution in [2.75, 3.05) is 23.7 Å². The first-order valence-corrected chi connectivity index (χ1v) is 5.95. The number of nitrogens with two attached hydrogens (primary N) is 1. The van der Waals surface area contributed by atoms with Crippen molar-refractivity contribution in [3.8, 4) is 0 Å². The highest BCUT2D eigenvalue weighted by molar-refractivity contribution is 5.58. The van der Waals surface area contributed by atoms with Gasteiger partial charge < -0.3 is 15.4 Å². The molecule has 18 heavy (non-hydrogen) atoms. The van der Waals surface area contributed by atoms with Crippen LogP contribution in [0.2, 0.25) is 0 Å². The minimum atomic E-state index is -0.519. The summed E-state index contributed by atoms with van der Waals surface area (Å²) in [4.78, 5) is 16.4. The Bertz CT molecular complexity index is 481. The average molecular weight is 250 g/mol. The molecule has 1 aromatic rings. The Morgan fingerprint density at radius 2 is 2.06 bits per heavy atom. The third-order valence-electron chi connectivity index (χ3n) is 3.45. The zero-order chi connectivity index (χ0) is 12.7. The molecule has 0 spiro atoms. The number of morpholine rings is 1. The highest BCUT2D eigenvalue weighted by Crippen LogP contribution is 2.30. The van der Waals surface area contributed by atoms with Gasteiger partial charge in [0.15, 0.2) is 0 Å². The maximum atomic E-state index is 10.7. The van der Waals surface area contributed by atoms with Crippen LogP contribution in [-0.4, -0.2) is 35.2 Å². The van der Waals surface area contributed by atoms with E-state index in [1.165, 1.54) is 6.07 Å². The molecule has 7 nitrogen and oxygen atoms in total. The lowest BCUT2D eigenvalue weighted by atomic mass is 10.2. The molecule has 2 aliphatic heterocycles. The van der Waals surface area contributed by atoms with Crippen LogP contribution in [0.15, 0.2) is 12.1 Å². The highest BCUT2D eigenvalue weighted by Gasteiger charge is 2.34. The lowest BCUT2D eigenvalue weighted by Crippen LogP contribution is -2.43. The molecule has 0 radical (unpaired) electrons. The van der Waals surface area contributed by atoms with Crippen molar-refractivity contribution in [1.82, 2.24) is 4.98 Å². The van der Waals surface area contributed by atoms with Gasteiger partial charge >= 0.3 is 5.69 Å². The van der Waals surface area contributed by atoms with Crippen LogP contribution in [0, 0.1) is 10.1 Å². The first-order valence-electron chi connectivity index (χ1n) is 5.95. The Balaban J connectivity index is 1.84. The predicted octanol–water partition coefficient (Wildman–Crippen LogP) is 0.940. The Morgan fingerprint density at radius 1 is 1.39 bits per heavy atom. The molecule has 2 unspecified atom stereocenters. The van der Waals surface area contributed by atoms with Gasteiger partial charge in [-0.15, -0.1) is 0 Å². The molecule has 7 heteroatoms. The fraction of sp³-hybridized carbons (Fsp3) is 0.545. The molecule has 0 amide bonds. The SMILES string of the molecule is Nc1nc(N2CC3CCC(C2)O3)ccc1[N+](=O)[O-]. The molecule has 2 atom stereocenters. The van der Waals surface area contributed by atoms with E-state index in [4.69, 9.17) is 10.5 Å². The second-order valence-electron chi connectivity index (χ2n) is 4.69. The molecule has 3 heterocycles. The number of anilines is 2. The summed E-state index contributed by atoms with van der Waals surface area (Å²) in [5.74, 6) is 0.662. The molecule has 0 saturated carbocycles. The van der Waals surface area contributed by atoms with Gasteiger partial charge in [0.1, 0.15) is 5.82 Å². The van der Waals surface area contributed by atoms with E-state index in [9.17, 15) is 10.1 Å². The van der Waals surface area contributed by atoms with E-state index in [2.05, 4.69) is 9.88 Å². The van der Waals surface area contributed by atoms with Crippen molar-refractivity contribution < 1.29 is 9.66 Å². The van der Waals surface area contributed by atoms with Crippen LogP contribution in [0.25, 0.3) is 0 Å². The number of hydrogen-bond donors (Lipinski definition) is 1. The summed E-state index contributed by atoms with van der Waals surface area (Å²) in [6, 6.07) is 3.06. The first kappa shape index (κ1) is 11.2. The van der Waals surface area contributed by atoms with Crippen LogP contribution in [-0.2, 0) is 4.74 Å². The van der Waals surface area contributed by atoms with Gasteiger partial charge in [-0.1, -0.05) is 0 Å². The minimum absolute atomic E-state index is 0.0312. The van der Waals surface area contributed by atoms with E-state index in [1.807, 2.05) is 0 Å². The monoisotopic (exact) mass is 250 g/mol. The van der Waals surface area contributed by atoms with Gasteiger partial charge in [0, 0.05) is 19.2 Å². The van der Waals surface area contributed by atoms with Crippen LogP contribution in [0.1, 0.15) is 12.8 Å². The van der Waals surface area contributed by atoms with Crippen LogP contribution in [0.4, 0.5) is 17.3 Å². The number of rotatable bonds is 2. The lowest BCUT2D eigenvalue weighted by molar-refractivity contribution is -0.384. The number of nitrogen functional groups attached to an aromatic ring is 1. The number of hydrogen-bond acceptors (Lipinski definition) is 6. The summed E-state index contributed by atoms with van der Waals surface area (Å²) in [5.41, 5.74) is 5.46. The molecule has 2 N–H and O–H groups in total. The number of aromatic nitrogens is 1. The van der Waals surface area contributed by atoms with Crippen molar-refractivity contribution in [3.63, 3.8) is 0 Å². The standard InChI is InChI=1S/C11H14N4O3/c12-11-9(15(16)17)3-4-10(13-11)14-5-7-1-2-8(6-14)18-7/h3-4,7-8H,1-2,5-6H2,(H2,12,13). The number of pyridine rings is 1. The van der Waals surface area contributed by atoms with E-state index < -0.39 is 4.92 Å². The van der Waals surface area contributed by atoms with Crippen molar-refractivity contribution in [1.29, 1.82) is 0 Å². The van der Waals surface area contributed by atoms with Crippen molar-refractivity contribution >= 4 is 17.3 Å². The average Bonchev–Trinajstić information content (AvgIpc) is 2.67. The lowest BCUT2D eigenvalue weighted by Gasteiger charge is -2.32. The summed E-state index contributed by atoms with van der Waals surface area (Å²) in [6.07, 6.45) is 2.65. The fourth-order valence-electron chi connectivity index (χ4n) is 2.59. The smallest absolute Gasteiger partial charge is 0.311 e. The molecule has 3 rings (SSSR count). The maximum Gasteiger partial charge on any atom is 0.311 e. The van der Waals surface area contributed by atoms with Crippen molar-refractivity contribution in [2.24, 2.45) is 0 Å². The second kappa shape index (κ2) is 4.09. The van der Waals surface area contributed by atoms with Crippen LogP contribution >= 0.6 is 0 Å². The first-order chi connectivity index (χ1) is 8.63. The quantitative estimate of drug-likeness (QED) is 0.620. The van der Waals surface area contributed by atoms with Crippen molar-refractivity contribution in [2.45, 2.75) is 25.0 Å². The number of fused-ring (bicyclic) bond motifs is 2. The number of nitrogens with zero attached hydrogens (tertiary/aromatic N) is 3. The molecule has 2 bridgehead atoms. The van der Waals surface area contributed by atoms with Gasteiger partial charge in [-0.3, -0.25) is 10.1 Å². The van der Waals surface area contributed by atoms with E-state index in [0.717, 1.165) is 25.9 Å². The molecule has 1 aromatic heterocycles. The zero-order valence-electron chi connectivity index (χ0n) is 9.78. The normalized spacial score (nSPS) is 26.3. The number of ether oxygens (including phenoxy) is 1. The van der Waals surface area contributed by atoms with E-state index >= 15 is 0 Å². The Hall–Kier alpha value is -1.89. The topological polar surface area (TPSA) is 94.5 Å². The molecule has 0 aromatic carbocycles. The summed E-state index contributed by atoms with van der Waals surface area (Å²) in [6.45, 7) is 1.56. The van der Waals surface area contributed by atoms with Gasteiger partial charge in [-0.2, -0.15) is 0 Å². The fourth-order valence-corrected chi connectivity index (χ4v) is 2.59. The zero-order valence-corrected chi connectivity index (χ0v) is 9.78. The second-order valence-corrected chi connectivity index (χ2v) is 4.69. The molecule has 0 aliphatic carbocycles. The largest absolute Gasteiger partial charge is 0.378 e. The Labute approximate surface area is 104 Å². The summed E-state index contributed by atoms with van der Waals surface area (Å²) >= 11 is 0. The van der Waals surface area contributed by atoms with Crippen LogP contribution < -0.4 is 10.6 Å². The van der Waals surface area contributed by atoms with E-state index in [0.29, 0.717) is 5.82 Å². The Kier molecular flexibility index (Phi) is 2.55. The number of nitro groups is 1. The molecule has 2 saturated heterocycles. The van der Waals surface area contributed by atoms with E-state index in [-0.39, 0.29) is 23.7 Å². The van der Waals surface area contributed by atoms with Crippen LogP contribution in [0.5, 0.6) is 0 Å². The van der Waals surface area contributed by atoms with Gasteiger partial charge in [-0.25, -0.2) is 4.98 Å². The van der Waals surface area contributed by atoms with Crippen molar-refractivity contribution in [3.05, 3.63) is 22.2 Å². The molecule has 2 aliphatic rings. The van der Waals surface area contributed by atoms with Crippen LogP contribution in [0.3, 0.4) is 0 Å². The maximum absolute atomic E-state index is 10.7. The van der Waals surface area contributed by atoms with Gasteiger partial charge in [0.2, 0.25) is 5.82 Å². The Morgan fingerprint density at radius 3 is 2.61 bits per heavy atom. The highest BCUT2D eigenvalue weighted by atomic mass is 16.6. The minimum Gasteiger partial charge on any atom is -0.378 e. The van der Waals surface area contributed by atoms with Gasteiger partial charge in [-0.05, 0) is 18.9 Å². The van der Waals surface area contributed by atoms with Gasteiger partial charge in [0.05, 0.1) is 17.1 Å². The molecule has 2 fully saturated rings. The third-order valence-corrected chi connectivity index (χ3v) is 3.45. The molecular formula is C11H14N4O3. The third kappa shape index (κ3) is 1.86. The van der Waals surface area contributed by atoms with Gasteiger partial charge in [0.25, 0.3) is 0 Å². The van der Waals surface area contributed by atoms with E-state index in [1.54, 1.807) is 6.07 Å².